The molecule has 1 heterocycles. The SMILES string of the molecule is CN(C(=O)CSCC(=O)ON1C(=O)c2ccccc2C1=O)C1CCCCC1. The number of amides is 3. The van der Waals surface area contributed by atoms with Gasteiger partial charge in [-0.25, -0.2) is 4.79 Å². The predicted octanol–water partition coefficient (Wildman–Crippen LogP) is 2.27. The molecule has 0 saturated heterocycles. The molecule has 0 N–H and O–H groups in total. The van der Waals surface area contributed by atoms with Crippen LogP contribution in [0.4, 0.5) is 0 Å². The van der Waals surface area contributed by atoms with Gasteiger partial charge in [0, 0.05) is 13.1 Å². The number of imide groups is 1. The lowest BCUT2D eigenvalue weighted by molar-refractivity contribution is -0.165. The molecule has 0 atom stereocenters. The third kappa shape index (κ3) is 4.32. The average Bonchev–Trinajstić information content (AvgIpc) is 2.93. The zero-order valence-corrected chi connectivity index (χ0v) is 16.0. The van der Waals surface area contributed by atoms with Crippen LogP contribution in [0.15, 0.2) is 24.3 Å². The maximum atomic E-state index is 12.3. The van der Waals surface area contributed by atoms with E-state index in [1.54, 1.807) is 24.1 Å². The molecule has 0 unspecified atom stereocenters. The fourth-order valence-corrected chi connectivity index (χ4v) is 4.07. The number of hydroxylamine groups is 2. The minimum Gasteiger partial charge on any atom is -0.342 e. The summed E-state index contributed by atoms with van der Waals surface area (Å²) in [4.78, 5) is 55.2. The van der Waals surface area contributed by atoms with Crippen molar-refractivity contribution in [2.75, 3.05) is 18.6 Å². The van der Waals surface area contributed by atoms with Gasteiger partial charge in [0.15, 0.2) is 0 Å². The molecule has 144 valence electrons. The molecular weight excluding hydrogens is 368 g/mol. The quantitative estimate of drug-likeness (QED) is 0.693. The molecule has 27 heavy (non-hydrogen) atoms. The van der Waals surface area contributed by atoms with E-state index in [9.17, 15) is 19.2 Å². The maximum Gasteiger partial charge on any atom is 0.343 e. The summed E-state index contributed by atoms with van der Waals surface area (Å²) in [5.41, 5.74) is 0.430. The molecule has 1 aliphatic heterocycles. The number of hydrogen-bond donors (Lipinski definition) is 0. The number of rotatable bonds is 6. The van der Waals surface area contributed by atoms with Gasteiger partial charge < -0.3 is 9.74 Å². The Kier molecular flexibility index (Phi) is 6.15. The summed E-state index contributed by atoms with van der Waals surface area (Å²) in [5, 5.41) is 0.490. The van der Waals surface area contributed by atoms with Crippen LogP contribution < -0.4 is 0 Å². The number of thioether (sulfide) groups is 1. The predicted molar refractivity (Wildman–Crippen MR) is 100 cm³/mol. The van der Waals surface area contributed by atoms with Gasteiger partial charge in [-0.3, -0.25) is 14.4 Å². The lowest BCUT2D eigenvalue weighted by Gasteiger charge is -2.31. The molecule has 0 bridgehead atoms. The van der Waals surface area contributed by atoms with Crippen LogP contribution in [0.2, 0.25) is 0 Å². The summed E-state index contributed by atoms with van der Waals surface area (Å²) in [6.07, 6.45) is 5.55. The minimum absolute atomic E-state index is 0.0274. The summed E-state index contributed by atoms with van der Waals surface area (Å²) >= 11 is 1.12. The van der Waals surface area contributed by atoms with E-state index >= 15 is 0 Å². The van der Waals surface area contributed by atoms with E-state index in [1.807, 2.05) is 0 Å². The van der Waals surface area contributed by atoms with E-state index < -0.39 is 17.8 Å². The van der Waals surface area contributed by atoms with Crippen molar-refractivity contribution in [2.45, 2.75) is 38.1 Å². The van der Waals surface area contributed by atoms with Gasteiger partial charge in [-0.1, -0.05) is 36.5 Å². The molecule has 1 aromatic rings. The molecule has 0 aromatic heterocycles. The van der Waals surface area contributed by atoms with Crippen LogP contribution in [0.1, 0.15) is 52.8 Å². The number of benzene rings is 1. The van der Waals surface area contributed by atoms with Gasteiger partial charge >= 0.3 is 5.97 Å². The third-order valence-corrected chi connectivity index (χ3v) is 5.80. The third-order valence-electron chi connectivity index (χ3n) is 4.91. The Morgan fingerprint density at radius 1 is 1.07 bits per heavy atom. The van der Waals surface area contributed by atoms with Crippen molar-refractivity contribution in [1.29, 1.82) is 0 Å². The molecule has 1 aromatic carbocycles. The van der Waals surface area contributed by atoms with Crippen LogP contribution >= 0.6 is 11.8 Å². The highest BCUT2D eigenvalue weighted by molar-refractivity contribution is 8.00. The van der Waals surface area contributed by atoms with E-state index in [-0.39, 0.29) is 34.6 Å². The molecule has 2 aliphatic rings. The Labute approximate surface area is 162 Å². The van der Waals surface area contributed by atoms with E-state index in [2.05, 4.69) is 0 Å². The highest BCUT2D eigenvalue weighted by Crippen LogP contribution is 2.24. The molecule has 3 rings (SSSR count). The Morgan fingerprint density at radius 2 is 1.67 bits per heavy atom. The Bertz CT molecular complexity index is 725. The first kappa shape index (κ1) is 19.4. The standard InChI is InChI=1S/C19H22N2O5S/c1-20(13-7-3-2-4-8-13)16(22)11-27-12-17(23)26-21-18(24)14-9-5-6-10-15(14)19(21)25/h5-6,9-10,13H,2-4,7-8,11-12H2,1H3. The van der Waals surface area contributed by atoms with Gasteiger partial charge in [-0.05, 0) is 25.0 Å². The van der Waals surface area contributed by atoms with Gasteiger partial charge in [0.1, 0.15) is 0 Å². The first-order chi connectivity index (χ1) is 13.0. The summed E-state index contributed by atoms with van der Waals surface area (Å²) in [6, 6.07) is 6.58. The highest BCUT2D eigenvalue weighted by Gasteiger charge is 2.38. The van der Waals surface area contributed by atoms with Crippen molar-refractivity contribution >= 4 is 35.5 Å². The first-order valence-electron chi connectivity index (χ1n) is 9.01. The molecular formula is C19H22N2O5S. The van der Waals surface area contributed by atoms with Crippen molar-refractivity contribution in [1.82, 2.24) is 9.96 Å². The topological polar surface area (TPSA) is 84.0 Å². The molecule has 0 radical (unpaired) electrons. The fourth-order valence-electron chi connectivity index (χ4n) is 3.37. The second-order valence-corrected chi connectivity index (χ2v) is 7.69. The van der Waals surface area contributed by atoms with E-state index in [1.165, 1.54) is 18.6 Å². The molecule has 8 heteroatoms. The lowest BCUT2D eigenvalue weighted by Crippen LogP contribution is -2.39. The summed E-state index contributed by atoms with van der Waals surface area (Å²) in [5.74, 6) is -2.02. The molecule has 0 spiro atoms. The first-order valence-corrected chi connectivity index (χ1v) is 10.2. The van der Waals surface area contributed by atoms with Crippen LogP contribution in [0.3, 0.4) is 0 Å². The van der Waals surface area contributed by atoms with Crippen LogP contribution in [0.5, 0.6) is 0 Å². The van der Waals surface area contributed by atoms with Crippen LogP contribution in [-0.4, -0.2) is 58.2 Å². The second-order valence-electron chi connectivity index (χ2n) is 6.70. The minimum atomic E-state index is -0.734. The Hall–Kier alpha value is -2.35. The largest absolute Gasteiger partial charge is 0.343 e. The maximum absolute atomic E-state index is 12.3. The molecule has 7 nitrogen and oxygen atoms in total. The monoisotopic (exact) mass is 390 g/mol. The van der Waals surface area contributed by atoms with Gasteiger partial charge in [0.2, 0.25) is 5.91 Å². The molecule has 1 fully saturated rings. The van der Waals surface area contributed by atoms with E-state index in [4.69, 9.17) is 4.84 Å². The number of fused-ring (bicyclic) bond motifs is 1. The van der Waals surface area contributed by atoms with Gasteiger partial charge in [0.25, 0.3) is 11.8 Å². The van der Waals surface area contributed by atoms with Crippen molar-refractivity contribution in [3.8, 4) is 0 Å². The second kappa shape index (κ2) is 8.56. The number of hydrogen-bond acceptors (Lipinski definition) is 6. The summed E-state index contributed by atoms with van der Waals surface area (Å²) < 4.78 is 0. The number of carbonyl (C=O) groups excluding carboxylic acids is 4. The summed E-state index contributed by atoms with van der Waals surface area (Å²) in [7, 11) is 1.80. The van der Waals surface area contributed by atoms with Gasteiger partial charge in [0.05, 0.1) is 22.6 Å². The van der Waals surface area contributed by atoms with Gasteiger partial charge in [-0.15, -0.1) is 11.8 Å². The molecule has 3 amide bonds. The van der Waals surface area contributed by atoms with E-state index in [0.717, 1.165) is 37.4 Å². The van der Waals surface area contributed by atoms with Crippen molar-refractivity contribution < 1.29 is 24.0 Å². The Morgan fingerprint density at radius 3 is 2.26 bits per heavy atom. The fraction of sp³-hybridized carbons (Fsp3) is 0.474. The average molecular weight is 390 g/mol. The van der Waals surface area contributed by atoms with E-state index in [0.29, 0.717) is 5.06 Å². The smallest absolute Gasteiger partial charge is 0.342 e. The van der Waals surface area contributed by atoms with Crippen LogP contribution in [0, 0.1) is 0 Å². The number of nitrogens with zero attached hydrogens (tertiary/aromatic N) is 2. The Balaban J connectivity index is 1.44. The number of carbonyl (C=O) groups is 4. The normalized spacial score (nSPS) is 17.0. The zero-order valence-electron chi connectivity index (χ0n) is 15.2. The van der Waals surface area contributed by atoms with Crippen molar-refractivity contribution in [3.05, 3.63) is 35.4 Å². The van der Waals surface area contributed by atoms with Crippen LogP contribution in [-0.2, 0) is 14.4 Å². The highest BCUT2D eigenvalue weighted by atomic mass is 32.2. The zero-order chi connectivity index (χ0) is 19.4. The van der Waals surface area contributed by atoms with Crippen molar-refractivity contribution in [2.24, 2.45) is 0 Å². The molecule has 1 saturated carbocycles. The lowest BCUT2D eigenvalue weighted by atomic mass is 9.94. The molecule has 1 aliphatic carbocycles. The summed E-state index contributed by atoms with van der Waals surface area (Å²) in [6.45, 7) is 0. The van der Waals surface area contributed by atoms with Crippen molar-refractivity contribution in [3.63, 3.8) is 0 Å². The van der Waals surface area contributed by atoms with Crippen LogP contribution in [0.25, 0.3) is 0 Å². The van der Waals surface area contributed by atoms with Gasteiger partial charge in [-0.2, -0.15) is 0 Å².